The van der Waals surface area contributed by atoms with Gasteiger partial charge >= 0.3 is 0 Å². The molecule has 0 bridgehead atoms. The van der Waals surface area contributed by atoms with Gasteiger partial charge in [-0.05, 0) is 71.4 Å². The molecule has 2 aliphatic rings. The Hall–Kier alpha value is -0.0800. The smallest absolute Gasteiger partial charge is 0.00187 e. The highest BCUT2D eigenvalue weighted by Crippen LogP contribution is 2.10. The van der Waals surface area contributed by atoms with Crippen LogP contribution in [0.3, 0.4) is 0 Å². The Morgan fingerprint density at radius 2 is 0.909 bits per heavy atom. The van der Waals surface area contributed by atoms with Crippen LogP contribution >= 0.6 is 0 Å². The lowest BCUT2D eigenvalue weighted by atomic mass is 10.1. The maximum Gasteiger partial charge on any atom is -0.00187 e. The van der Waals surface area contributed by atoms with Gasteiger partial charge in [0.1, 0.15) is 0 Å². The highest BCUT2D eigenvalue weighted by atomic mass is 15.1. The third-order valence-corrected chi connectivity index (χ3v) is 4.63. The molecule has 0 unspecified atom stereocenters. The van der Waals surface area contributed by atoms with E-state index in [2.05, 4.69) is 23.6 Å². The molecule has 22 heavy (non-hydrogen) atoms. The van der Waals surface area contributed by atoms with Crippen LogP contribution in [0.4, 0.5) is 0 Å². The average Bonchev–Trinajstić information content (AvgIpc) is 2.79. The van der Waals surface area contributed by atoms with Crippen molar-refractivity contribution in [3.05, 3.63) is 0 Å². The Balaban J connectivity index is 0.000000360. The Labute approximate surface area is 141 Å². The summed E-state index contributed by atoms with van der Waals surface area (Å²) in [6, 6.07) is 0. The van der Waals surface area contributed by atoms with Crippen LogP contribution in [0, 0.1) is 0 Å². The summed E-state index contributed by atoms with van der Waals surface area (Å²) in [6.07, 6.45) is 14.3. The van der Waals surface area contributed by atoms with Crippen LogP contribution in [0.2, 0.25) is 0 Å². The molecule has 0 atom stereocenters. The second-order valence-electron chi connectivity index (χ2n) is 6.46. The van der Waals surface area contributed by atoms with Gasteiger partial charge in [0, 0.05) is 0 Å². The van der Waals surface area contributed by atoms with Crippen molar-refractivity contribution in [3.8, 4) is 0 Å². The molecule has 0 aromatic heterocycles. The van der Waals surface area contributed by atoms with Gasteiger partial charge < -0.3 is 9.80 Å². The second-order valence-corrected chi connectivity index (χ2v) is 6.46. The molecule has 0 saturated carbocycles. The van der Waals surface area contributed by atoms with Crippen molar-refractivity contribution in [2.75, 3.05) is 39.3 Å². The largest absolute Gasteiger partial charge is 0.304 e. The first-order valence-electron chi connectivity index (χ1n) is 10.3. The molecule has 2 fully saturated rings. The Bertz CT molecular complexity index is 190. The van der Waals surface area contributed by atoms with Crippen LogP contribution in [0.5, 0.6) is 0 Å². The average molecular weight is 313 g/mol. The third-order valence-electron chi connectivity index (χ3n) is 4.63. The number of hydrogen-bond donors (Lipinski definition) is 0. The zero-order valence-corrected chi connectivity index (χ0v) is 16.2. The lowest BCUT2D eigenvalue weighted by molar-refractivity contribution is 0.259. The van der Waals surface area contributed by atoms with E-state index in [1.165, 1.54) is 103 Å². The van der Waals surface area contributed by atoms with Crippen LogP contribution in [0.1, 0.15) is 91.9 Å². The van der Waals surface area contributed by atoms with Crippen molar-refractivity contribution in [3.63, 3.8) is 0 Å². The highest BCUT2D eigenvalue weighted by Gasteiger charge is 2.06. The Kier molecular flexibility index (Phi) is 17.2. The minimum Gasteiger partial charge on any atom is -0.304 e. The summed E-state index contributed by atoms with van der Waals surface area (Å²) >= 11 is 0. The van der Waals surface area contributed by atoms with E-state index in [0.29, 0.717) is 0 Å². The van der Waals surface area contributed by atoms with E-state index in [-0.39, 0.29) is 0 Å². The number of hydrogen-bond acceptors (Lipinski definition) is 2. The zero-order chi connectivity index (χ0) is 16.5. The summed E-state index contributed by atoms with van der Waals surface area (Å²) < 4.78 is 0. The summed E-state index contributed by atoms with van der Waals surface area (Å²) in [5.74, 6) is 0. The van der Waals surface area contributed by atoms with Crippen LogP contribution in [0.15, 0.2) is 0 Å². The third kappa shape index (κ3) is 12.5. The predicted octanol–water partition coefficient (Wildman–Crippen LogP) is 5.57. The maximum absolute atomic E-state index is 2.60. The van der Waals surface area contributed by atoms with Gasteiger partial charge in [0.2, 0.25) is 0 Å². The van der Waals surface area contributed by atoms with Crippen molar-refractivity contribution in [1.29, 1.82) is 0 Å². The zero-order valence-electron chi connectivity index (χ0n) is 16.2. The molecule has 2 saturated heterocycles. The van der Waals surface area contributed by atoms with Gasteiger partial charge in [-0.25, -0.2) is 0 Å². The van der Waals surface area contributed by atoms with Gasteiger partial charge in [-0.2, -0.15) is 0 Å². The summed E-state index contributed by atoms with van der Waals surface area (Å²) in [5, 5.41) is 0. The fourth-order valence-corrected chi connectivity index (χ4v) is 3.31. The van der Waals surface area contributed by atoms with Gasteiger partial charge in [0.05, 0.1) is 0 Å². The molecule has 0 N–H and O–H groups in total. The van der Waals surface area contributed by atoms with Crippen molar-refractivity contribution >= 4 is 0 Å². The SMILES string of the molecule is CC.CCCN1CCCCCC1.CCN1CCCCCCC1. The summed E-state index contributed by atoms with van der Waals surface area (Å²) in [6.45, 7) is 16.5. The molecule has 0 amide bonds. The van der Waals surface area contributed by atoms with Gasteiger partial charge in [-0.1, -0.05) is 59.8 Å². The summed E-state index contributed by atoms with van der Waals surface area (Å²) in [4.78, 5) is 5.17. The number of nitrogens with zero attached hydrogens (tertiary/aromatic N) is 2. The topological polar surface area (TPSA) is 6.48 Å². The lowest BCUT2D eigenvalue weighted by Crippen LogP contribution is -2.26. The first kappa shape index (κ1) is 21.9. The molecule has 0 radical (unpaired) electrons. The van der Waals surface area contributed by atoms with Gasteiger partial charge in [0.25, 0.3) is 0 Å². The fourth-order valence-electron chi connectivity index (χ4n) is 3.31. The van der Waals surface area contributed by atoms with E-state index in [0.717, 1.165) is 0 Å². The van der Waals surface area contributed by atoms with Gasteiger partial charge in [0.15, 0.2) is 0 Å². The van der Waals surface area contributed by atoms with Crippen molar-refractivity contribution in [2.24, 2.45) is 0 Å². The standard InChI is InChI=1S/2C9H19N.C2H6/c1-2-10-8-6-4-3-5-7-9-10;1-2-7-10-8-5-3-4-6-9-10;1-2/h2*2-9H2,1H3;1-2H3. The molecule has 0 aromatic carbocycles. The first-order chi connectivity index (χ1) is 10.9. The normalized spacial score (nSPS) is 21.3. The molecule has 2 aliphatic heterocycles. The second kappa shape index (κ2) is 17.3. The molecular formula is C20H44N2. The molecule has 0 aliphatic carbocycles. The fraction of sp³-hybridized carbons (Fsp3) is 1.00. The van der Waals surface area contributed by atoms with E-state index < -0.39 is 0 Å². The van der Waals surface area contributed by atoms with Crippen molar-refractivity contribution in [2.45, 2.75) is 91.9 Å². The summed E-state index contributed by atoms with van der Waals surface area (Å²) in [7, 11) is 0. The van der Waals surface area contributed by atoms with E-state index in [1.54, 1.807) is 0 Å². The Morgan fingerprint density at radius 1 is 0.545 bits per heavy atom. The molecular weight excluding hydrogens is 268 g/mol. The Morgan fingerprint density at radius 3 is 1.27 bits per heavy atom. The molecule has 2 rings (SSSR count). The maximum atomic E-state index is 2.60. The van der Waals surface area contributed by atoms with E-state index >= 15 is 0 Å². The van der Waals surface area contributed by atoms with Crippen molar-refractivity contribution < 1.29 is 0 Å². The molecule has 2 nitrogen and oxygen atoms in total. The minimum atomic E-state index is 1.25. The lowest BCUT2D eigenvalue weighted by Gasteiger charge is -2.22. The van der Waals surface area contributed by atoms with Crippen LogP contribution < -0.4 is 0 Å². The molecule has 0 aromatic rings. The van der Waals surface area contributed by atoms with Gasteiger partial charge in [-0.3, -0.25) is 0 Å². The monoisotopic (exact) mass is 312 g/mol. The quantitative estimate of drug-likeness (QED) is 0.672. The van der Waals surface area contributed by atoms with E-state index in [4.69, 9.17) is 0 Å². The highest BCUT2D eigenvalue weighted by molar-refractivity contribution is 4.62. The molecule has 134 valence electrons. The molecule has 2 heterocycles. The van der Waals surface area contributed by atoms with Crippen LogP contribution in [0.25, 0.3) is 0 Å². The van der Waals surface area contributed by atoms with E-state index in [1.807, 2.05) is 13.8 Å². The first-order valence-corrected chi connectivity index (χ1v) is 10.3. The van der Waals surface area contributed by atoms with Crippen molar-refractivity contribution in [1.82, 2.24) is 9.80 Å². The number of rotatable bonds is 3. The predicted molar refractivity (Wildman–Crippen MR) is 102 cm³/mol. The van der Waals surface area contributed by atoms with Crippen LogP contribution in [-0.4, -0.2) is 49.1 Å². The molecule has 2 heteroatoms. The van der Waals surface area contributed by atoms with E-state index in [9.17, 15) is 0 Å². The van der Waals surface area contributed by atoms with Crippen LogP contribution in [-0.2, 0) is 0 Å². The summed E-state index contributed by atoms with van der Waals surface area (Å²) in [5.41, 5.74) is 0. The minimum absolute atomic E-state index is 1.25. The molecule has 0 spiro atoms. The number of likely N-dealkylation sites (tertiary alicyclic amines) is 2. The van der Waals surface area contributed by atoms with Gasteiger partial charge in [-0.15, -0.1) is 0 Å².